The van der Waals surface area contributed by atoms with E-state index in [1.165, 1.54) is 5.56 Å². The Kier molecular flexibility index (Phi) is 3.69. The molecule has 0 unspecified atom stereocenters. The smallest absolute Gasteiger partial charge is 0.236 e. The molecule has 0 spiro atoms. The minimum Gasteiger partial charge on any atom is -0.493 e. The average Bonchev–Trinajstić information content (AvgIpc) is 2.72. The van der Waals surface area contributed by atoms with Crippen LogP contribution in [0.2, 0.25) is 0 Å². The van der Waals surface area contributed by atoms with Crippen LogP contribution in [0.1, 0.15) is 18.1 Å². The van der Waals surface area contributed by atoms with Gasteiger partial charge in [0.05, 0.1) is 12.6 Å². The molecular weight excluding hydrogens is 284 g/mol. The van der Waals surface area contributed by atoms with Crippen molar-refractivity contribution in [3.8, 4) is 5.75 Å². The lowest BCUT2D eigenvalue weighted by molar-refractivity contribution is -0.122. The molecule has 0 saturated carbocycles. The van der Waals surface area contributed by atoms with Gasteiger partial charge in [-0.1, -0.05) is 15.9 Å². The highest BCUT2D eigenvalue weighted by Crippen LogP contribution is 2.32. The lowest BCUT2D eigenvalue weighted by atomic mass is 10.1. The monoisotopic (exact) mass is 298 g/mol. The highest BCUT2D eigenvalue weighted by atomic mass is 79.9. The summed E-state index contributed by atoms with van der Waals surface area (Å²) in [6.07, 6.45) is 0.920. The lowest BCUT2D eigenvalue weighted by Crippen LogP contribution is -2.37. The number of fused-ring (bicyclic) bond motifs is 1. The number of carbonyl (C=O) groups is 1. The standard InChI is InChI=1S/C12H15BrN2O2/c1-7(14)12(16)15-6-9-5-10(13)4-8-2-3-17-11(8)9/h4-5,7H,2-3,6,14H2,1H3,(H,15,16)/t7-/m0/s1. The number of rotatable bonds is 3. The molecule has 1 atom stereocenters. The summed E-state index contributed by atoms with van der Waals surface area (Å²) in [5.41, 5.74) is 7.66. The van der Waals surface area contributed by atoms with Gasteiger partial charge >= 0.3 is 0 Å². The van der Waals surface area contributed by atoms with Crippen molar-refractivity contribution in [2.45, 2.75) is 25.9 Å². The molecule has 92 valence electrons. The highest BCUT2D eigenvalue weighted by Gasteiger charge is 2.18. The first-order valence-electron chi connectivity index (χ1n) is 5.55. The molecule has 4 nitrogen and oxygen atoms in total. The van der Waals surface area contributed by atoms with Crippen LogP contribution in [0.4, 0.5) is 0 Å². The fourth-order valence-electron chi connectivity index (χ4n) is 1.82. The van der Waals surface area contributed by atoms with Gasteiger partial charge in [-0.05, 0) is 24.6 Å². The summed E-state index contributed by atoms with van der Waals surface area (Å²) in [6, 6.07) is 3.53. The van der Waals surface area contributed by atoms with Gasteiger partial charge in [0.25, 0.3) is 0 Å². The third-order valence-corrected chi connectivity index (χ3v) is 3.15. The van der Waals surface area contributed by atoms with Crippen molar-refractivity contribution in [2.75, 3.05) is 6.61 Å². The summed E-state index contributed by atoms with van der Waals surface area (Å²) < 4.78 is 6.58. The van der Waals surface area contributed by atoms with Gasteiger partial charge in [-0.2, -0.15) is 0 Å². The molecule has 0 bridgehead atoms. The highest BCUT2D eigenvalue weighted by molar-refractivity contribution is 9.10. The van der Waals surface area contributed by atoms with Gasteiger partial charge in [-0.3, -0.25) is 4.79 Å². The SMILES string of the molecule is C[C@H](N)C(=O)NCc1cc(Br)cc2c1OCC2. The fourth-order valence-corrected chi connectivity index (χ4v) is 2.37. The molecule has 0 aliphatic carbocycles. The molecule has 1 aromatic rings. The van der Waals surface area contributed by atoms with Crippen LogP contribution in [0, 0.1) is 0 Å². The third-order valence-electron chi connectivity index (χ3n) is 2.69. The van der Waals surface area contributed by atoms with Crippen molar-refractivity contribution >= 4 is 21.8 Å². The van der Waals surface area contributed by atoms with Crippen molar-refractivity contribution in [1.82, 2.24) is 5.32 Å². The minimum atomic E-state index is -0.490. The van der Waals surface area contributed by atoms with Gasteiger partial charge in [-0.15, -0.1) is 0 Å². The Morgan fingerprint density at radius 2 is 2.41 bits per heavy atom. The van der Waals surface area contributed by atoms with Gasteiger partial charge in [0, 0.05) is 23.0 Å². The number of halogens is 1. The molecule has 1 aliphatic rings. The topological polar surface area (TPSA) is 64.4 Å². The summed E-state index contributed by atoms with van der Waals surface area (Å²) in [6.45, 7) is 2.82. The Hall–Kier alpha value is -1.07. The summed E-state index contributed by atoms with van der Waals surface area (Å²) in [4.78, 5) is 11.4. The van der Waals surface area contributed by atoms with Crippen molar-refractivity contribution in [3.05, 3.63) is 27.7 Å². The Morgan fingerprint density at radius 3 is 3.12 bits per heavy atom. The second kappa shape index (κ2) is 5.06. The predicted octanol–water partition coefficient (Wildman–Crippen LogP) is 1.35. The van der Waals surface area contributed by atoms with Gasteiger partial charge in [-0.25, -0.2) is 0 Å². The van der Waals surface area contributed by atoms with Crippen LogP contribution in [-0.2, 0) is 17.8 Å². The first kappa shape index (κ1) is 12.4. The predicted molar refractivity (Wildman–Crippen MR) is 68.8 cm³/mol. The van der Waals surface area contributed by atoms with Crippen LogP contribution < -0.4 is 15.8 Å². The second-order valence-electron chi connectivity index (χ2n) is 4.16. The molecule has 0 radical (unpaired) electrons. The van der Waals surface area contributed by atoms with Crippen LogP contribution in [0.3, 0.4) is 0 Å². The van der Waals surface area contributed by atoms with E-state index < -0.39 is 6.04 Å². The van der Waals surface area contributed by atoms with Crippen molar-refractivity contribution in [2.24, 2.45) is 5.73 Å². The number of hydrogen-bond donors (Lipinski definition) is 2. The van der Waals surface area contributed by atoms with Crippen LogP contribution in [0.15, 0.2) is 16.6 Å². The average molecular weight is 299 g/mol. The first-order valence-corrected chi connectivity index (χ1v) is 6.34. The molecule has 1 amide bonds. The maximum atomic E-state index is 11.4. The molecule has 1 aromatic carbocycles. The summed E-state index contributed by atoms with van der Waals surface area (Å²) >= 11 is 3.46. The van der Waals surface area contributed by atoms with Crippen molar-refractivity contribution < 1.29 is 9.53 Å². The summed E-state index contributed by atoms with van der Waals surface area (Å²) in [5.74, 6) is 0.745. The quantitative estimate of drug-likeness (QED) is 0.885. The molecule has 17 heavy (non-hydrogen) atoms. The van der Waals surface area contributed by atoms with E-state index in [0.717, 1.165) is 22.2 Å². The largest absolute Gasteiger partial charge is 0.493 e. The lowest BCUT2D eigenvalue weighted by Gasteiger charge is -2.11. The molecular formula is C12H15BrN2O2. The van der Waals surface area contributed by atoms with E-state index in [1.807, 2.05) is 6.07 Å². The minimum absolute atomic E-state index is 0.156. The Balaban J connectivity index is 2.13. The summed E-state index contributed by atoms with van der Waals surface area (Å²) in [5, 5.41) is 2.79. The zero-order valence-corrected chi connectivity index (χ0v) is 11.2. The van der Waals surface area contributed by atoms with E-state index in [0.29, 0.717) is 13.2 Å². The molecule has 0 fully saturated rings. The fraction of sp³-hybridized carbons (Fsp3) is 0.417. The van der Waals surface area contributed by atoms with Crippen molar-refractivity contribution in [1.29, 1.82) is 0 Å². The number of amides is 1. The zero-order valence-electron chi connectivity index (χ0n) is 9.63. The van der Waals surface area contributed by atoms with Crippen molar-refractivity contribution in [3.63, 3.8) is 0 Å². The molecule has 5 heteroatoms. The molecule has 3 N–H and O–H groups in total. The van der Waals surface area contributed by atoms with E-state index in [2.05, 4.69) is 27.3 Å². The number of nitrogens with two attached hydrogens (primary N) is 1. The van der Waals surface area contributed by atoms with E-state index in [9.17, 15) is 4.79 Å². The van der Waals surface area contributed by atoms with E-state index in [1.54, 1.807) is 6.92 Å². The van der Waals surface area contributed by atoms with Crippen LogP contribution in [0.5, 0.6) is 5.75 Å². The molecule has 0 aromatic heterocycles. The van der Waals surface area contributed by atoms with Gasteiger partial charge in [0.2, 0.25) is 5.91 Å². The maximum Gasteiger partial charge on any atom is 0.236 e. The normalized spacial score (nSPS) is 15.0. The molecule has 1 heterocycles. The van der Waals surface area contributed by atoms with Gasteiger partial charge in [0.1, 0.15) is 5.75 Å². The molecule has 2 rings (SSSR count). The number of benzene rings is 1. The third kappa shape index (κ3) is 2.79. The second-order valence-corrected chi connectivity index (χ2v) is 5.07. The molecule has 1 aliphatic heterocycles. The van der Waals surface area contributed by atoms with Gasteiger partial charge < -0.3 is 15.8 Å². The van der Waals surface area contributed by atoms with Crippen LogP contribution in [-0.4, -0.2) is 18.6 Å². The van der Waals surface area contributed by atoms with E-state index in [-0.39, 0.29) is 5.91 Å². The van der Waals surface area contributed by atoms with Crippen LogP contribution >= 0.6 is 15.9 Å². The number of hydrogen-bond acceptors (Lipinski definition) is 3. The van der Waals surface area contributed by atoms with E-state index in [4.69, 9.17) is 10.5 Å². The van der Waals surface area contributed by atoms with E-state index >= 15 is 0 Å². The van der Waals surface area contributed by atoms with Gasteiger partial charge in [0.15, 0.2) is 0 Å². The Morgan fingerprint density at radius 1 is 1.65 bits per heavy atom. The maximum absolute atomic E-state index is 11.4. The Bertz CT molecular complexity index is 446. The molecule has 0 saturated heterocycles. The Labute approximate surface area is 109 Å². The summed E-state index contributed by atoms with van der Waals surface area (Å²) in [7, 11) is 0. The number of nitrogens with one attached hydrogen (secondary N) is 1. The first-order chi connectivity index (χ1) is 8.08. The van der Waals surface area contributed by atoms with Crippen LogP contribution in [0.25, 0.3) is 0 Å². The number of ether oxygens (including phenoxy) is 1. The number of carbonyl (C=O) groups excluding carboxylic acids is 1. The zero-order chi connectivity index (χ0) is 12.4.